The van der Waals surface area contributed by atoms with Crippen LogP contribution in [0.1, 0.15) is 37.2 Å². The van der Waals surface area contributed by atoms with Gasteiger partial charge in [-0.25, -0.2) is 0 Å². The zero-order valence-electron chi connectivity index (χ0n) is 10.7. The third-order valence-corrected chi connectivity index (χ3v) is 2.59. The van der Waals surface area contributed by atoms with Gasteiger partial charge in [0.15, 0.2) is 5.69 Å². The van der Waals surface area contributed by atoms with Crippen molar-refractivity contribution in [2.45, 2.75) is 26.7 Å². The summed E-state index contributed by atoms with van der Waals surface area (Å²) in [6.45, 7) is 5.57. The zero-order chi connectivity index (χ0) is 12.7. The van der Waals surface area contributed by atoms with Crippen molar-refractivity contribution in [3.05, 3.63) is 17.8 Å². The van der Waals surface area contributed by atoms with Gasteiger partial charge in [0.25, 0.3) is 5.91 Å². The maximum Gasteiger partial charge on any atom is 0.274 e. The van der Waals surface area contributed by atoms with Crippen molar-refractivity contribution < 1.29 is 4.79 Å². The number of nitrogens with zero attached hydrogens (tertiary/aromatic N) is 3. The lowest BCUT2D eigenvalue weighted by Crippen LogP contribution is -2.32. The summed E-state index contributed by atoms with van der Waals surface area (Å²) in [6, 6.07) is 3.46. The Morgan fingerprint density at radius 3 is 2.59 bits per heavy atom. The molecule has 0 unspecified atom stereocenters. The normalized spacial score (nSPS) is 10.1. The van der Waals surface area contributed by atoms with Gasteiger partial charge in [0.05, 0.1) is 0 Å². The Hall–Kier alpha value is -1.65. The van der Waals surface area contributed by atoms with Gasteiger partial charge >= 0.3 is 0 Å². The highest BCUT2D eigenvalue weighted by atomic mass is 16.2. The molecule has 0 fully saturated rings. The van der Waals surface area contributed by atoms with Crippen LogP contribution in [0.3, 0.4) is 0 Å². The van der Waals surface area contributed by atoms with Crippen LogP contribution < -0.4 is 5.32 Å². The van der Waals surface area contributed by atoms with E-state index >= 15 is 0 Å². The van der Waals surface area contributed by atoms with Gasteiger partial charge in [-0.05, 0) is 25.5 Å². The second-order valence-corrected chi connectivity index (χ2v) is 3.79. The van der Waals surface area contributed by atoms with Crippen molar-refractivity contribution in [2.75, 3.05) is 25.5 Å². The number of amides is 1. The van der Waals surface area contributed by atoms with Gasteiger partial charge in [-0.2, -0.15) is 0 Å². The maximum atomic E-state index is 12.1. The molecule has 1 N–H and O–H groups in total. The molecular formula is C12H20N4O. The first-order chi connectivity index (χ1) is 8.22. The molecule has 1 aromatic heterocycles. The average molecular weight is 236 g/mol. The Kier molecular flexibility index (Phi) is 5.39. The fourth-order valence-corrected chi connectivity index (χ4v) is 1.49. The van der Waals surface area contributed by atoms with Crippen LogP contribution >= 0.6 is 0 Å². The van der Waals surface area contributed by atoms with Crippen LogP contribution in [-0.4, -0.2) is 41.1 Å². The van der Waals surface area contributed by atoms with E-state index in [1.54, 1.807) is 24.1 Å². The van der Waals surface area contributed by atoms with Crippen molar-refractivity contribution in [1.82, 2.24) is 15.1 Å². The van der Waals surface area contributed by atoms with Gasteiger partial charge < -0.3 is 10.2 Å². The Balaban J connectivity index is 2.71. The van der Waals surface area contributed by atoms with Crippen LogP contribution in [0.5, 0.6) is 0 Å². The summed E-state index contributed by atoms with van der Waals surface area (Å²) in [7, 11) is 1.77. The number of rotatable bonds is 6. The van der Waals surface area contributed by atoms with E-state index in [1.165, 1.54) is 0 Å². The van der Waals surface area contributed by atoms with Crippen molar-refractivity contribution in [2.24, 2.45) is 0 Å². The summed E-state index contributed by atoms with van der Waals surface area (Å²) in [4.78, 5) is 13.9. The van der Waals surface area contributed by atoms with E-state index in [0.29, 0.717) is 18.1 Å². The van der Waals surface area contributed by atoms with Gasteiger partial charge in [0.2, 0.25) is 0 Å². The minimum atomic E-state index is -0.0453. The molecule has 0 radical (unpaired) electrons. The van der Waals surface area contributed by atoms with E-state index < -0.39 is 0 Å². The molecule has 17 heavy (non-hydrogen) atoms. The average Bonchev–Trinajstić information content (AvgIpc) is 2.39. The first-order valence-corrected chi connectivity index (χ1v) is 6.03. The van der Waals surface area contributed by atoms with Crippen LogP contribution in [0, 0.1) is 0 Å². The molecule has 0 aromatic carbocycles. The predicted octanol–water partition coefficient (Wildman–Crippen LogP) is 1.78. The number of anilines is 1. The molecule has 0 spiro atoms. The first kappa shape index (κ1) is 13.4. The Labute approximate surface area is 102 Å². The molecule has 0 bridgehead atoms. The number of carbonyl (C=O) groups excluding carboxylic acids is 1. The predicted molar refractivity (Wildman–Crippen MR) is 68.1 cm³/mol. The van der Waals surface area contributed by atoms with Crippen molar-refractivity contribution >= 4 is 11.7 Å². The molecule has 1 aromatic rings. The number of hydrogen-bond donors (Lipinski definition) is 1. The molecule has 0 saturated heterocycles. The van der Waals surface area contributed by atoms with Gasteiger partial charge in [-0.1, -0.05) is 13.3 Å². The number of hydrogen-bond acceptors (Lipinski definition) is 4. The summed E-state index contributed by atoms with van der Waals surface area (Å²) < 4.78 is 0. The van der Waals surface area contributed by atoms with Crippen molar-refractivity contribution in [3.63, 3.8) is 0 Å². The third-order valence-electron chi connectivity index (χ3n) is 2.59. The Bertz CT molecular complexity index is 350. The third kappa shape index (κ3) is 3.69. The number of nitrogens with one attached hydrogen (secondary N) is 1. The fourth-order valence-electron chi connectivity index (χ4n) is 1.49. The summed E-state index contributed by atoms with van der Waals surface area (Å²) in [5.74, 6) is 0.620. The summed E-state index contributed by atoms with van der Waals surface area (Å²) >= 11 is 0. The van der Waals surface area contributed by atoms with E-state index in [1.807, 2.05) is 6.92 Å². The van der Waals surface area contributed by atoms with E-state index in [2.05, 4.69) is 22.4 Å². The smallest absolute Gasteiger partial charge is 0.274 e. The largest absolute Gasteiger partial charge is 0.372 e. The van der Waals surface area contributed by atoms with Gasteiger partial charge in [0, 0.05) is 20.1 Å². The summed E-state index contributed by atoms with van der Waals surface area (Å²) in [5.41, 5.74) is 0.405. The van der Waals surface area contributed by atoms with Crippen LogP contribution in [0.15, 0.2) is 12.1 Å². The van der Waals surface area contributed by atoms with Crippen molar-refractivity contribution in [3.8, 4) is 0 Å². The Morgan fingerprint density at radius 2 is 2.12 bits per heavy atom. The minimum Gasteiger partial charge on any atom is -0.372 e. The molecule has 0 saturated carbocycles. The van der Waals surface area contributed by atoms with E-state index in [-0.39, 0.29) is 5.91 Å². The number of aromatic nitrogens is 2. The highest BCUT2D eigenvalue weighted by Gasteiger charge is 2.15. The molecule has 1 amide bonds. The highest BCUT2D eigenvalue weighted by molar-refractivity contribution is 5.92. The second-order valence-electron chi connectivity index (χ2n) is 3.79. The SMILES string of the molecule is CCCCN(CC)C(=O)c1ccc(NC)nn1. The van der Waals surface area contributed by atoms with E-state index in [9.17, 15) is 4.79 Å². The summed E-state index contributed by atoms with van der Waals surface area (Å²) in [6.07, 6.45) is 2.09. The fraction of sp³-hybridized carbons (Fsp3) is 0.583. The zero-order valence-corrected chi connectivity index (χ0v) is 10.7. The van der Waals surface area contributed by atoms with Crippen LogP contribution in [0.4, 0.5) is 5.82 Å². The topological polar surface area (TPSA) is 58.1 Å². The lowest BCUT2D eigenvalue weighted by Gasteiger charge is -2.19. The molecule has 5 nitrogen and oxygen atoms in total. The molecule has 94 valence electrons. The molecule has 0 aliphatic heterocycles. The van der Waals surface area contributed by atoms with Crippen LogP contribution in [0.2, 0.25) is 0 Å². The monoisotopic (exact) mass is 236 g/mol. The van der Waals surface area contributed by atoms with Gasteiger partial charge in [-0.15, -0.1) is 10.2 Å². The molecule has 0 aliphatic rings. The number of unbranched alkanes of at least 4 members (excludes halogenated alkanes) is 1. The molecule has 5 heteroatoms. The molecule has 0 atom stereocenters. The highest BCUT2D eigenvalue weighted by Crippen LogP contribution is 2.05. The lowest BCUT2D eigenvalue weighted by atomic mass is 10.2. The second kappa shape index (κ2) is 6.83. The minimum absolute atomic E-state index is 0.0453. The number of carbonyl (C=O) groups is 1. The summed E-state index contributed by atoms with van der Waals surface area (Å²) in [5, 5.41) is 10.7. The maximum absolute atomic E-state index is 12.1. The first-order valence-electron chi connectivity index (χ1n) is 6.03. The standard InChI is InChI=1S/C12H20N4O/c1-4-6-9-16(5-2)12(17)10-7-8-11(13-3)15-14-10/h7-8H,4-6,9H2,1-3H3,(H,13,15). The van der Waals surface area contributed by atoms with Gasteiger partial charge in [0.1, 0.15) is 5.82 Å². The molecule has 1 rings (SSSR count). The van der Waals surface area contributed by atoms with Gasteiger partial charge in [-0.3, -0.25) is 4.79 Å². The van der Waals surface area contributed by atoms with E-state index in [0.717, 1.165) is 19.4 Å². The molecule has 1 heterocycles. The van der Waals surface area contributed by atoms with E-state index in [4.69, 9.17) is 0 Å². The molecular weight excluding hydrogens is 216 g/mol. The quantitative estimate of drug-likeness (QED) is 0.818. The van der Waals surface area contributed by atoms with Crippen LogP contribution in [-0.2, 0) is 0 Å². The van der Waals surface area contributed by atoms with Crippen molar-refractivity contribution in [1.29, 1.82) is 0 Å². The molecule has 0 aliphatic carbocycles. The van der Waals surface area contributed by atoms with Crippen LogP contribution in [0.25, 0.3) is 0 Å². The Morgan fingerprint density at radius 1 is 1.35 bits per heavy atom. The lowest BCUT2D eigenvalue weighted by molar-refractivity contribution is 0.0755.